The Morgan fingerprint density at radius 1 is 1.17 bits per heavy atom. The lowest BCUT2D eigenvalue weighted by Gasteiger charge is -2.14. The van der Waals surface area contributed by atoms with Crippen LogP contribution in [0.15, 0.2) is 12.1 Å². The van der Waals surface area contributed by atoms with Crippen LogP contribution >= 0.6 is 0 Å². The molecule has 18 heavy (non-hydrogen) atoms. The van der Waals surface area contributed by atoms with Gasteiger partial charge in [0, 0.05) is 6.04 Å². The van der Waals surface area contributed by atoms with Crippen molar-refractivity contribution >= 4 is 0 Å². The monoisotopic (exact) mass is 249 g/mol. The minimum absolute atomic E-state index is 0.369. The first kappa shape index (κ1) is 15.0. The third-order valence-electron chi connectivity index (χ3n) is 3.57. The summed E-state index contributed by atoms with van der Waals surface area (Å²) in [6, 6.07) is 4.61. The van der Waals surface area contributed by atoms with Gasteiger partial charge in [-0.05, 0) is 68.4 Å². The topological polar surface area (TPSA) is 35.2 Å². The number of aryl methyl sites for hydroxylation is 2. The van der Waals surface area contributed by atoms with E-state index in [0.29, 0.717) is 6.04 Å². The van der Waals surface area contributed by atoms with E-state index in [1.54, 1.807) is 7.11 Å². The molecule has 0 radical (unpaired) electrons. The number of nitrogens with two attached hydrogens (primary N) is 1. The van der Waals surface area contributed by atoms with Crippen molar-refractivity contribution in [1.82, 2.24) is 0 Å². The molecule has 1 rings (SSSR count). The smallest absolute Gasteiger partial charge is 0.119 e. The summed E-state index contributed by atoms with van der Waals surface area (Å²) < 4.78 is 5.29. The average Bonchev–Trinajstić information content (AvgIpc) is 2.32. The van der Waals surface area contributed by atoms with Gasteiger partial charge in [0.15, 0.2) is 0 Å². The Kier molecular flexibility index (Phi) is 6.20. The summed E-state index contributed by atoms with van der Waals surface area (Å²) in [4.78, 5) is 0. The molecule has 1 aromatic carbocycles. The molecular formula is C16H27NO. The lowest BCUT2D eigenvalue weighted by molar-refractivity contribution is 0.414. The number of ether oxygens (including phenoxy) is 1. The minimum atomic E-state index is 0.369. The van der Waals surface area contributed by atoms with Gasteiger partial charge in [-0.2, -0.15) is 0 Å². The Bertz CT molecular complexity index is 350. The van der Waals surface area contributed by atoms with Crippen LogP contribution in [0.5, 0.6) is 5.75 Å². The summed E-state index contributed by atoms with van der Waals surface area (Å²) in [5.74, 6) is 0.955. The number of hydrogen-bond donors (Lipinski definition) is 1. The molecule has 0 aliphatic heterocycles. The fourth-order valence-corrected chi connectivity index (χ4v) is 2.52. The molecule has 2 N–H and O–H groups in total. The van der Waals surface area contributed by atoms with E-state index in [-0.39, 0.29) is 0 Å². The maximum absolute atomic E-state index is 6.05. The van der Waals surface area contributed by atoms with Crippen LogP contribution in [0.2, 0.25) is 0 Å². The van der Waals surface area contributed by atoms with Gasteiger partial charge >= 0.3 is 0 Å². The zero-order chi connectivity index (χ0) is 13.5. The van der Waals surface area contributed by atoms with Crippen molar-refractivity contribution in [2.75, 3.05) is 7.11 Å². The van der Waals surface area contributed by atoms with Crippen LogP contribution in [0.25, 0.3) is 0 Å². The molecule has 0 aliphatic carbocycles. The highest BCUT2D eigenvalue weighted by Crippen LogP contribution is 2.23. The van der Waals surface area contributed by atoms with Gasteiger partial charge in [0.25, 0.3) is 0 Å². The molecule has 2 nitrogen and oxygen atoms in total. The third kappa shape index (κ3) is 4.34. The van der Waals surface area contributed by atoms with Crippen LogP contribution in [-0.2, 0) is 6.42 Å². The van der Waals surface area contributed by atoms with Gasteiger partial charge in [-0.3, -0.25) is 0 Å². The number of benzene rings is 1. The normalized spacial score (nSPS) is 12.5. The van der Waals surface area contributed by atoms with E-state index in [1.165, 1.54) is 29.5 Å². The fourth-order valence-electron chi connectivity index (χ4n) is 2.52. The van der Waals surface area contributed by atoms with Crippen molar-refractivity contribution in [2.45, 2.75) is 58.9 Å². The molecule has 0 saturated carbocycles. The van der Waals surface area contributed by atoms with Crippen LogP contribution in [0, 0.1) is 13.8 Å². The molecule has 0 aliphatic rings. The van der Waals surface area contributed by atoms with Crippen LogP contribution in [0.4, 0.5) is 0 Å². The Labute approximate surface area is 112 Å². The molecule has 0 saturated heterocycles. The van der Waals surface area contributed by atoms with E-state index in [9.17, 15) is 0 Å². The highest BCUT2D eigenvalue weighted by molar-refractivity contribution is 5.41. The van der Waals surface area contributed by atoms with E-state index in [0.717, 1.165) is 25.0 Å². The second-order valence-corrected chi connectivity index (χ2v) is 5.18. The first-order chi connectivity index (χ1) is 8.58. The standard InChI is InChI=1S/C16H27NO/c1-5-7-14(17)8-6-9-16-12(2)10-15(18-4)11-13(16)3/h10-11,14H,5-9,17H2,1-4H3. The van der Waals surface area contributed by atoms with Gasteiger partial charge in [-0.25, -0.2) is 0 Å². The van der Waals surface area contributed by atoms with Crippen LogP contribution < -0.4 is 10.5 Å². The summed E-state index contributed by atoms with van der Waals surface area (Å²) >= 11 is 0. The summed E-state index contributed by atoms with van der Waals surface area (Å²) in [6.07, 6.45) is 5.75. The molecule has 0 aromatic heterocycles. The van der Waals surface area contributed by atoms with E-state index in [1.807, 2.05) is 0 Å². The van der Waals surface area contributed by atoms with E-state index >= 15 is 0 Å². The first-order valence-electron chi connectivity index (χ1n) is 6.98. The molecule has 0 heterocycles. The largest absolute Gasteiger partial charge is 0.497 e. The molecule has 0 bridgehead atoms. The molecule has 2 heteroatoms. The number of hydrogen-bond acceptors (Lipinski definition) is 2. The molecule has 1 unspecified atom stereocenters. The van der Waals surface area contributed by atoms with Crippen molar-refractivity contribution in [2.24, 2.45) is 5.73 Å². The van der Waals surface area contributed by atoms with Crippen LogP contribution in [-0.4, -0.2) is 13.2 Å². The van der Waals surface area contributed by atoms with Crippen molar-refractivity contribution in [3.8, 4) is 5.75 Å². The van der Waals surface area contributed by atoms with E-state index in [2.05, 4.69) is 32.9 Å². The Morgan fingerprint density at radius 3 is 2.28 bits per heavy atom. The summed E-state index contributed by atoms with van der Waals surface area (Å²) in [7, 11) is 1.72. The second kappa shape index (κ2) is 7.42. The highest BCUT2D eigenvalue weighted by atomic mass is 16.5. The Balaban J connectivity index is 2.57. The van der Waals surface area contributed by atoms with Crippen molar-refractivity contribution in [1.29, 1.82) is 0 Å². The Morgan fingerprint density at radius 2 is 1.78 bits per heavy atom. The quantitative estimate of drug-likeness (QED) is 0.798. The number of methoxy groups -OCH3 is 1. The fraction of sp³-hybridized carbons (Fsp3) is 0.625. The maximum atomic E-state index is 6.05. The first-order valence-corrected chi connectivity index (χ1v) is 6.98. The average molecular weight is 249 g/mol. The molecule has 0 spiro atoms. The lowest BCUT2D eigenvalue weighted by atomic mass is 9.95. The van der Waals surface area contributed by atoms with Crippen LogP contribution in [0.1, 0.15) is 49.3 Å². The maximum Gasteiger partial charge on any atom is 0.119 e. The summed E-state index contributed by atoms with van der Waals surface area (Å²) in [5, 5.41) is 0. The summed E-state index contributed by atoms with van der Waals surface area (Å²) in [6.45, 7) is 6.52. The zero-order valence-electron chi connectivity index (χ0n) is 12.3. The third-order valence-corrected chi connectivity index (χ3v) is 3.57. The van der Waals surface area contributed by atoms with Gasteiger partial charge in [-0.15, -0.1) is 0 Å². The van der Waals surface area contributed by atoms with Gasteiger partial charge in [0.2, 0.25) is 0 Å². The van der Waals surface area contributed by atoms with Crippen LogP contribution in [0.3, 0.4) is 0 Å². The predicted octanol–water partition coefficient (Wildman–Crippen LogP) is 3.76. The number of rotatable bonds is 7. The molecular weight excluding hydrogens is 222 g/mol. The van der Waals surface area contributed by atoms with E-state index in [4.69, 9.17) is 10.5 Å². The van der Waals surface area contributed by atoms with E-state index < -0.39 is 0 Å². The minimum Gasteiger partial charge on any atom is -0.497 e. The van der Waals surface area contributed by atoms with Crippen molar-refractivity contribution < 1.29 is 4.74 Å². The lowest BCUT2D eigenvalue weighted by Crippen LogP contribution is -2.19. The van der Waals surface area contributed by atoms with Crippen molar-refractivity contribution in [3.63, 3.8) is 0 Å². The molecule has 1 aromatic rings. The van der Waals surface area contributed by atoms with Gasteiger partial charge in [-0.1, -0.05) is 13.3 Å². The Hall–Kier alpha value is -1.02. The van der Waals surface area contributed by atoms with Gasteiger partial charge < -0.3 is 10.5 Å². The molecule has 0 fully saturated rings. The predicted molar refractivity (Wildman–Crippen MR) is 78.3 cm³/mol. The SMILES string of the molecule is CCCC(N)CCCc1c(C)cc(OC)cc1C. The molecule has 1 atom stereocenters. The zero-order valence-corrected chi connectivity index (χ0v) is 12.3. The molecule has 0 amide bonds. The molecule has 102 valence electrons. The summed E-state index contributed by atoms with van der Waals surface area (Å²) in [5.41, 5.74) is 10.2. The van der Waals surface area contributed by atoms with Crippen molar-refractivity contribution in [3.05, 3.63) is 28.8 Å². The van der Waals surface area contributed by atoms with Gasteiger partial charge in [0.05, 0.1) is 7.11 Å². The highest BCUT2D eigenvalue weighted by Gasteiger charge is 2.07. The van der Waals surface area contributed by atoms with Gasteiger partial charge in [0.1, 0.15) is 5.75 Å². The second-order valence-electron chi connectivity index (χ2n) is 5.18.